The standard InChI is InChI=1S/C12H18N4O2S2/c1-16(12(20)8-4-5-8)15-10(18)6-9(17)13-14-11(19)7-2-3-7/h7-8H,2-6H2,1H3,(H,13,17)(H,14,19)(H,15,18). The Bertz CT molecular complexity index is 447. The van der Waals surface area contributed by atoms with E-state index in [1.165, 1.54) is 5.01 Å². The van der Waals surface area contributed by atoms with Gasteiger partial charge in [0.15, 0.2) is 0 Å². The summed E-state index contributed by atoms with van der Waals surface area (Å²) in [6, 6.07) is 0. The molecule has 8 heteroatoms. The topological polar surface area (TPSA) is 73.5 Å². The fraction of sp³-hybridized carbons (Fsp3) is 0.667. The van der Waals surface area contributed by atoms with E-state index in [1.54, 1.807) is 7.05 Å². The van der Waals surface area contributed by atoms with Gasteiger partial charge in [0.1, 0.15) is 6.42 Å². The van der Waals surface area contributed by atoms with Crippen LogP contribution in [0, 0.1) is 11.8 Å². The van der Waals surface area contributed by atoms with Crippen LogP contribution < -0.4 is 16.3 Å². The summed E-state index contributed by atoms with van der Waals surface area (Å²) >= 11 is 10.3. The summed E-state index contributed by atoms with van der Waals surface area (Å²) in [5.74, 6) is -0.0498. The third-order valence-corrected chi connectivity index (χ3v) is 4.19. The van der Waals surface area contributed by atoms with Gasteiger partial charge in [-0.05, 0) is 25.7 Å². The second-order valence-corrected chi connectivity index (χ2v) is 6.05. The van der Waals surface area contributed by atoms with Gasteiger partial charge in [0.25, 0.3) is 0 Å². The number of nitrogens with one attached hydrogen (secondary N) is 3. The normalized spacial score (nSPS) is 17.1. The lowest BCUT2D eigenvalue weighted by Crippen LogP contribution is -2.47. The smallest absolute Gasteiger partial charge is 0.248 e. The molecule has 0 aliphatic heterocycles. The molecule has 0 spiro atoms. The van der Waals surface area contributed by atoms with Gasteiger partial charge in [-0.25, -0.2) is 0 Å². The van der Waals surface area contributed by atoms with E-state index >= 15 is 0 Å². The molecule has 2 amide bonds. The first-order valence-corrected chi connectivity index (χ1v) is 7.44. The number of hydrogen-bond donors (Lipinski definition) is 3. The molecule has 0 bridgehead atoms. The third kappa shape index (κ3) is 4.68. The Morgan fingerprint density at radius 2 is 1.65 bits per heavy atom. The van der Waals surface area contributed by atoms with Crippen molar-refractivity contribution in [2.45, 2.75) is 32.1 Å². The van der Waals surface area contributed by atoms with Gasteiger partial charge in [-0.3, -0.25) is 30.9 Å². The van der Waals surface area contributed by atoms with Crippen molar-refractivity contribution in [1.82, 2.24) is 21.3 Å². The Kier molecular flexibility index (Phi) is 4.87. The Morgan fingerprint density at radius 1 is 1.05 bits per heavy atom. The van der Waals surface area contributed by atoms with Crippen LogP contribution >= 0.6 is 24.4 Å². The SMILES string of the molecule is CN(NC(=O)CC(=O)NNC(=S)C1CC1)C(=S)C1CC1. The molecule has 2 fully saturated rings. The van der Waals surface area contributed by atoms with Gasteiger partial charge in [0.05, 0.1) is 9.98 Å². The Hall–Kier alpha value is -1.28. The molecule has 0 aromatic rings. The van der Waals surface area contributed by atoms with Crippen LogP contribution in [-0.4, -0.2) is 33.8 Å². The third-order valence-electron chi connectivity index (χ3n) is 3.14. The first kappa shape index (κ1) is 15.1. The maximum absolute atomic E-state index is 11.7. The minimum Gasteiger partial charge on any atom is -0.292 e. The predicted molar refractivity (Wildman–Crippen MR) is 82.4 cm³/mol. The Morgan fingerprint density at radius 3 is 2.20 bits per heavy atom. The molecule has 0 unspecified atom stereocenters. The van der Waals surface area contributed by atoms with E-state index in [2.05, 4.69) is 16.3 Å². The molecule has 20 heavy (non-hydrogen) atoms. The number of nitrogens with zero attached hydrogens (tertiary/aromatic N) is 1. The van der Waals surface area contributed by atoms with Crippen LogP contribution in [0.3, 0.4) is 0 Å². The zero-order valence-electron chi connectivity index (χ0n) is 11.3. The van der Waals surface area contributed by atoms with Crippen LogP contribution in [0.5, 0.6) is 0 Å². The molecule has 2 saturated carbocycles. The Labute approximate surface area is 128 Å². The van der Waals surface area contributed by atoms with Crippen LogP contribution in [-0.2, 0) is 9.59 Å². The average Bonchev–Trinajstić information content (AvgIpc) is 3.27. The average molecular weight is 314 g/mol. The highest BCUT2D eigenvalue weighted by Crippen LogP contribution is 2.31. The fourth-order valence-corrected chi connectivity index (χ4v) is 2.22. The van der Waals surface area contributed by atoms with Gasteiger partial charge in [0.2, 0.25) is 11.8 Å². The van der Waals surface area contributed by atoms with Crippen LogP contribution in [0.2, 0.25) is 0 Å². The highest BCUT2D eigenvalue weighted by Gasteiger charge is 2.29. The first-order chi connectivity index (χ1) is 9.47. The largest absolute Gasteiger partial charge is 0.292 e. The number of rotatable bonds is 4. The molecule has 0 radical (unpaired) electrons. The number of hydrogen-bond acceptors (Lipinski definition) is 4. The van der Waals surface area contributed by atoms with Crippen molar-refractivity contribution >= 4 is 46.2 Å². The Balaban J connectivity index is 1.63. The molecule has 2 aliphatic rings. The highest BCUT2D eigenvalue weighted by molar-refractivity contribution is 7.80. The zero-order chi connectivity index (χ0) is 14.7. The summed E-state index contributed by atoms with van der Waals surface area (Å²) in [5.41, 5.74) is 7.68. The molecule has 0 atom stereocenters. The van der Waals surface area contributed by atoms with Gasteiger partial charge in [-0.1, -0.05) is 24.4 Å². The molecule has 2 aliphatic carbocycles. The van der Waals surface area contributed by atoms with Crippen LogP contribution in [0.4, 0.5) is 0 Å². The second-order valence-electron chi connectivity index (χ2n) is 5.19. The zero-order valence-corrected chi connectivity index (χ0v) is 12.9. The molecule has 2 rings (SSSR count). The maximum Gasteiger partial charge on any atom is 0.248 e. The second kappa shape index (κ2) is 6.45. The predicted octanol–water partition coefficient (Wildman–Crippen LogP) is 0.435. The van der Waals surface area contributed by atoms with Crippen LogP contribution in [0.15, 0.2) is 0 Å². The number of carbonyl (C=O) groups excluding carboxylic acids is 2. The van der Waals surface area contributed by atoms with Gasteiger partial charge >= 0.3 is 0 Å². The number of hydrazine groups is 2. The fourth-order valence-electron chi connectivity index (χ4n) is 1.65. The van der Waals surface area contributed by atoms with Crippen molar-refractivity contribution in [1.29, 1.82) is 0 Å². The van der Waals surface area contributed by atoms with E-state index in [0.29, 0.717) is 21.8 Å². The lowest BCUT2D eigenvalue weighted by molar-refractivity contribution is -0.131. The van der Waals surface area contributed by atoms with E-state index < -0.39 is 11.8 Å². The van der Waals surface area contributed by atoms with Gasteiger partial charge < -0.3 is 0 Å². The minimum absolute atomic E-state index is 0.266. The summed E-state index contributed by atoms with van der Waals surface area (Å²) in [6.07, 6.45) is 4.00. The quantitative estimate of drug-likeness (QED) is 0.397. The van der Waals surface area contributed by atoms with Crippen molar-refractivity contribution in [2.24, 2.45) is 11.8 Å². The molecular weight excluding hydrogens is 296 g/mol. The summed E-state index contributed by atoms with van der Waals surface area (Å²) in [4.78, 5) is 24.6. The molecular formula is C12H18N4O2S2. The van der Waals surface area contributed by atoms with Crippen molar-refractivity contribution in [3.63, 3.8) is 0 Å². The van der Waals surface area contributed by atoms with E-state index in [9.17, 15) is 9.59 Å². The van der Waals surface area contributed by atoms with Crippen molar-refractivity contribution in [3.05, 3.63) is 0 Å². The summed E-state index contributed by atoms with van der Waals surface area (Å²) in [7, 11) is 1.69. The molecule has 0 aromatic carbocycles. The van der Waals surface area contributed by atoms with Crippen LogP contribution in [0.25, 0.3) is 0 Å². The molecule has 0 saturated heterocycles. The van der Waals surface area contributed by atoms with Gasteiger partial charge in [-0.15, -0.1) is 0 Å². The highest BCUT2D eigenvalue weighted by atomic mass is 32.1. The number of thiocarbonyl (C=S) groups is 2. The minimum atomic E-state index is -0.420. The lowest BCUT2D eigenvalue weighted by Gasteiger charge is -2.20. The van der Waals surface area contributed by atoms with E-state index in [-0.39, 0.29) is 6.42 Å². The molecule has 6 nitrogen and oxygen atoms in total. The van der Waals surface area contributed by atoms with Crippen molar-refractivity contribution in [2.75, 3.05) is 7.05 Å². The van der Waals surface area contributed by atoms with E-state index in [4.69, 9.17) is 24.4 Å². The number of amides is 2. The summed E-state index contributed by atoms with van der Waals surface area (Å²) < 4.78 is 0. The van der Waals surface area contributed by atoms with Crippen molar-refractivity contribution < 1.29 is 9.59 Å². The van der Waals surface area contributed by atoms with E-state index in [1.807, 2.05) is 0 Å². The molecule has 0 heterocycles. The van der Waals surface area contributed by atoms with Crippen molar-refractivity contribution in [3.8, 4) is 0 Å². The van der Waals surface area contributed by atoms with E-state index in [0.717, 1.165) is 25.7 Å². The number of carbonyl (C=O) groups is 2. The first-order valence-electron chi connectivity index (χ1n) is 6.63. The summed E-state index contributed by atoms with van der Waals surface area (Å²) in [5, 5.41) is 1.52. The maximum atomic E-state index is 11.7. The summed E-state index contributed by atoms with van der Waals surface area (Å²) in [6.45, 7) is 0. The van der Waals surface area contributed by atoms with Crippen LogP contribution in [0.1, 0.15) is 32.1 Å². The molecule has 3 N–H and O–H groups in total. The van der Waals surface area contributed by atoms with Gasteiger partial charge in [0, 0.05) is 18.9 Å². The molecule has 110 valence electrons. The van der Waals surface area contributed by atoms with Gasteiger partial charge in [-0.2, -0.15) is 0 Å². The monoisotopic (exact) mass is 314 g/mol. The molecule has 0 aromatic heterocycles. The lowest BCUT2D eigenvalue weighted by atomic mass is 10.4.